The Morgan fingerprint density at radius 3 is 2.02 bits per heavy atom. The third kappa shape index (κ3) is 9.65. The number of carbonyl (C=O) groups excluding carboxylic acids is 3. The molecule has 4 rings (SSSR count). The lowest BCUT2D eigenvalue weighted by Crippen LogP contribution is -2.52. The minimum Gasteiger partial charge on any atom is -0.508 e. The highest BCUT2D eigenvalue weighted by Crippen LogP contribution is 2.18. The van der Waals surface area contributed by atoms with E-state index in [0.717, 1.165) is 16.7 Å². The molecule has 0 bridgehead atoms. The zero-order valence-electron chi connectivity index (χ0n) is 26.2. The Bertz CT molecular complexity index is 1610. The van der Waals surface area contributed by atoms with Gasteiger partial charge in [0.1, 0.15) is 5.75 Å². The van der Waals surface area contributed by atoms with Gasteiger partial charge in [-0.05, 0) is 65.9 Å². The minimum atomic E-state index is -1.44. The van der Waals surface area contributed by atoms with Crippen molar-refractivity contribution in [3.05, 3.63) is 136 Å². The van der Waals surface area contributed by atoms with E-state index >= 15 is 0 Å². The number of nitrogens with zero attached hydrogens (tertiary/aromatic N) is 1. The van der Waals surface area contributed by atoms with Crippen molar-refractivity contribution in [2.75, 3.05) is 13.6 Å². The summed E-state index contributed by atoms with van der Waals surface area (Å²) in [6.07, 6.45) is -1.44. The molecule has 4 amide bonds. The first-order valence-corrected chi connectivity index (χ1v) is 15.0. The van der Waals surface area contributed by atoms with Gasteiger partial charge >= 0.3 is 6.03 Å². The standard InChI is InChI=1S/C36H40N4O6/c1-24-17-29(33(42)37-20-28-15-10-16-30(41)19-28)18-25(2)32(24)34(43)39-31(35(44)46-23-27-13-8-5-9-14-27)21-38-36(45)40(3)22-26-11-6-4-7-12-26/h4-19,31,35,41,44H,20-23H2,1-3H3,(H,37,42)(H,38,45)(H,39,43)/t31-,35?/m0/s1. The van der Waals surface area contributed by atoms with E-state index in [4.69, 9.17) is 4.74 Å². The number of phenols is 1. The monoisotopic (exact) mass is 624 g/mol. The van der Waals surface area contributed by atoms with Crippen LogP contribution in [0.5, 0.6) is 5.75 Å². The number of aryl methyl sites for hydroxylation is 2. The van der Waals surface area contributed by atoms with Crippen LogP contribution in [0.25, 0.3) is 0 Å². The van der Waals surface area contributed by atoms with Gasteiger partial charge in [0.05, 0.1) is 12.6 Å². The van der Waals surface area contributed by atoms with E-state index in [1.165, 1.54) is 4.90 Å². The molecule has 5 N–H and O–H groups in total. The van der Waals surface area contributed by atoms with E-state index in [2.05, 4.69) is 16.0 Å². The average molecular weight is 625 g/mol. The zero-order chi connectivity index (χ0) is 33.1. The molecule has 46 heavy (non-hydrogen) atoms. The van der Waals surface area contributed by atoms with Crippen molar-refractivity contribution in [3.63, 3.8) is 0 Å². The fourth-order valence-corrected chi connectivity index (χ4v) is 5.00. The fourth-order valence-electron chi connectivity index (χ4n) is 5.00. The number of ether oxygens (including phenoxy) is 1. The van der Waals surface area contributed by atoms with E-state index in [9.17, 15) is 24.6 Å². The zero-order valence-corrected chi connectivity index (χ0v) is 26.2. The van der Waals surface area contributed by atoms with Gasteiger partial charge in [0.15, 0.2) is 6.29 Å². The molecule has 10 nitrogen and oxygen atoms in total. The van der Waals surface area contributed by atoms with Gasteiger partial charge in [-0.2, -0.15) is 0 Å². The van der Waals surface area contributed by atoms with Gasteiger partial charge < -0.3 is 35.8 Å². The molecule has 2 atom stereocenters. The maximum absolute atomic E-state index is 13.6. The normalized spacial score (nSPS) is 12.1. The van der Waals surface area contributed by atoms with E-state index < -0.39 is 18.2 Å². The van der Waals surface area contributed by atoms with Crippen LogP contribution in [0.15, 0.2) is 97.1 Å². The van der Waals surface area contributed by atoms with Crippen LogP contribution in [-0.4, -0.2) is 58.9 Å². The molecule has 0 radical (unpaired) electrons. The molecular formula is C36H40N4O6. The van der Waals surface area contributed by atoms with E-state index in [1.54, 1.807) is 57.3 Å². The van der Waals surface area contributed by atoms with Gasteiger partial charge in [-0.1, -0.05) is 72.8 Å². The number of aliphatic hydroxyl groups is 1. The molecule has 0 aliphatic carbocycles. The number of hydrogen-bond donors (Lipinski definition) is 5. The maximum atomic E-state index is 13.6. The van der Waals surface area contributed by atoms with Crippen LogP contribution in [0.3, 0.4) is 0 Å². The lowest BCUT2D eigenvalue weighted by atomic mass is 9.98. The molecule has 0 spiro atoms. The first-order valence-electron chi connectivity index (χ1n) is 15.0. The quantitative estimate of drug-likeness (QED) is 0.140. The van der Waals surface area contributed by atoms with Gasteiger partial charge in [0.2, 0.25) is 0 Å². The topological polar surface area (TPSA) is 140 Å². The lowest BCUT2D eigenvalue weighted by molar-refractivity contribution is -0.125. The first-order chi connectivity index (χ1) is 22.1. The van der Waals surface area contributed by atoms with E-state index in [0.29, 0.717) is 28.8 Å². The summed E-state index contributed by atoms with van der Waals surface area (Å²) < 4.78 is 5.70. The number of carbonyl (C=O) groups is 3. The molecule has 0 fully saturated rings. The summed E-state index contributed by atoms with van der Waals surface area (Å²) in [6, 6.07) is 27.3. The van der Waals surface area contributed by atoms with Crippen LogP contribution >= 0.6 is 0 Å². The molecule has 4 aromatic carbocycles. The second kappa shape index (κ2) is 16.2. The average Bonchev–Trinajstić information content (AvgIpc) is 3.04. The Balaban J connectivity index is 1.44. The maximum Gasteiger partial charge on any atom is 0.317 e. The number of aromatic hydroxyl groups is 1. The molecule has 0 aromatic heterocycles. The van der Waals surface area contributed by atoms with Crippen molar-refractivity contribution in [1.82, 2.24) is 20.9 Å². The number of nitrogens with one attached hydrogen (secondary N) is 3. The summed E-state index contributed by atoms with van der Waals surface area (Å²) in [7, 11) is 1.66. The van der Waals surface area contributed by atoms with Gasteiger partial charge in [-0.15, -0.1) is 0 Å². The Kier molecular flexibility index (Phi) is 11.9. The number of phenolic OH excluding ortho intramolecular Hbond substituents is 1. The van der Waals surface area contributed by atoms with Crippen LogP contribution in [0.1, 0.15) is 48.5 Å². The molecule has 0 saturated heterocycles. The van der Waals surface area contributed by atoms with Crippen LogP contribution in [-0.2, 0) is 24.4 Å². The number of benzene rings is 4. The predicted octanol–water partition coefficient (Wildman–Crippen LogP) is 4.41. The van der Waals surface area contributed by atoms with Gasteiger partial charge in [0, 0.05) is 37.8 Å². The van der Waals surface area contributed by atoms with Crippen molar-refractivity contribution >= 4 is 17.8 Å². The molecule has 1 unspecified atom stereocenters. The fraction of sp³-hybridized carbons (Fsp3) is 0.250. The molecule has 10 heteroatoms. The summed E-state index contributed by atoms with van der Waals surface area (Å²) in [5.74, 6) is -0.700. The smallest absolute Gasteiger partial charge is 0.317 e. The Morgan fingerprint density at radius 2 is 1.39 bits per heavy atom. The van der Waals surface area contributed by atoms with Crippen LogP contribution in [0.4, 0.5) is 4.79 Å². The Labute approximate surface area is 269 Å². The van der Waals surface area contributed by atoms with Crippen LogP contribution in [0.2, 0.25) is 0 Å². The molecule has 4 aromatic rings. The lowest BCUT2D eigenvalue weighted by Gasteiger charge is -2.27. The summed E-state index contributed by atoms with van der Waals surface area (Å²) in [5, 5.41) is 29.1. The van der Waals surface area contributed by atoms with Crippen molar-refractivity contribution in [3.8, 4) is 5.75 Å². The van der Waals surface area contributed by atoms with Crippen LogP contribution in [0, 0.1) is 13.8 Å². The van der Waals surface area contributed by atoms with Crippen molar-refractivity contribution in [2.45, 2.75) is 45.9 Å². The predicted molar refractivity (Wildman–Crippen MR) is 175 cm³/mol. The summed E-state index contributed by atoms with van der Waals surface area (Å²) in [5.41, 5.74) is 4.38. The molecule has 240 valence electrons. The van der Waals surface area contributed by atoms with E-state index in [-0.39, 0.29) is 37.4 Å². The summed E-state index contributed by atoms with van der Waals surface area (Å²) >= 11 is 0. The third-order valence-corrected chi connectivity index (χ3v) is 7.39. The number of urea groups is 1. The van der Waals surface area contributed by atoms with Gasteiger partial charge in [-0.3, -0.25) is 9.59 Å². The Hall–Kier alpha value is -5.19. The third-order valence-electron chi connectivity index (χ3n) is 7.39. The number of rotatable bonds is 13. The van der Waals surface area contributed by atoms with Gasteiger partial charge in [0.25, 0.3) is 11.8 Å². The molecule has 0 heterocycles. The molecule has 0 aliphatic rings. The van der Waals surface area contributed by atoms with E-state index in [1.807, 2.05) is 60.7 Å². The number of aliphatic hydroxyl groups excluding tert-OH is 1. The van der Waals surface area contributed by atoms with Crippen molar-refractivity contribution < 1.29 is 29.3 Å². The Morgan fingerprint density at radius 1 is 0.783 bits per heavy atom. The van der Waals surface area contributed by atoms with Gasteiger partial charge in [-0.25, -0.2) is 4.79 Å². The van der Waals surface area contributed by atoms with Crippen molar-refractivity contribution in [2.24, 2.45) is 0 Å². The summed E-state index contributed by atoms with van der Waals surface area (Å²) in [4.78, 5) is 40.9. The first kappa shape index (κ1) is 33.7. The number of amides is 4. The highest BCUT2D eigenvalue weighted by atomic mass is 16.6. The molecule has 0 saturated carbocycles. The largest absolute Gasteiger partial charge is 0.508 e. The molecule has 0 aliphatic heterocycles. The van der Waals surface area contributed by atoms with Crippen molar-refractivity contribution in [1.29, 1.82) is 0 Å². The second-order valence-electron chi connectivity index (χ2n) is 11.1. The summed E-state index contributed by atoms with van der Waals surface area (Å²) in [6.45, 7) is 4.05. The molecular weight excluding hydrogens is 584 g/mol. The second-order valence-corrected chi connectivity index (χ2v) is 11.1. The number of hydrogen-bond acceptors (Lipinski definition) is 6. The van der Waals surface area contributed by atoms with Crippen LogP contribution < -0.4 is 16.0 Å². The highest BCUT2D eigenvalue weighted by Gasteiger charge is 2.26. The highest BCUT2D eigenvalue weighted by molar-refractivity contribution is 6.00. The minimum absolute atomic E-state index is 0.0979. The SMILES string of the molecule is Cc1cc(C(=O)NCc2cccc(O)c2)cc(C)c1C(=O)N[C@@H](CNC(=O)N(C)Cc1ccccc1)C(O)OCc1ccccc1.